The van der Waals surface area contributed by atoms with Crippen LogP contribution in [-0.2, 0) is 0 Å². The number of nitrogens with zero attached hydrogens (tertiary/aromatic N) is 3. The van der Waals surface area contributed by atoms with Gasteiger partial charge in [0.15, 0.2) is 0 Å². The van der Waals surface area contributed by atoms with Crippen molar-refractivity contribution in [2.24, 2.45) is 0 Å². The lowest BCUT2D eigenvalue weighted by atomic mass is 9.89. The molecule has 0 saturated heterocycles. The summed E-state index contributed by atoms with van der Waals surface area (Å²) in [5.74, 6) is 0.983. The maximum absolute atomic E-state index is 6.20. The fraction of sp³-hybridized carbons (Fsp3) is 0.0526. The van der Waals surface area contributed by atoms with E-state index < -0.39 is 0 Å². The van der Waals surface area contributed by atoms with Crippen molar-refractivity contribution >= 4 is 38.7 Å². The number of pyridine rings is 2. The predicted octanol–water partition coefficient (Wildman–Crippen LogP) is 9.00. The lowest BCUT2D eigenvalue weighted by Gasteiger charge is -2.17. The van der Waals surface area contributed by atoms with Crippen molar-refractivity contribution in [1.82, 2.24) is 14.4 Å². The molecule has 0 saturated carbocycles. The van der Waals surface area contributed by atoms with E-state index in [0.717, 1.165) is 56.6 Å². The molecule has 0 spiro atoms. The SMILES string of the molecule is C1=C(c2cccc(-c3cccc(-c4nc5ccccc5c5nc6ccccn6c45)c3)c2)C=C2c3ccccc3OC2C1. The zero-order valence-corrected chi connectivity index (χ0v) is 22.7. The Morgan fingerprint density at radius 2 is 1.45 bits per heavy atom. The predicted molar refractivity (Wildman–Crippen MR) is 170 cm³/mol. The third kappa shape index (κ3) is 3.55. The monoisotopic (exact) mass is 539 g/mol. The second kappa shape index (κ2) is 9.02. The summed E-state index contributed by atoms with van der Waals surface area (Å²) in [5.41, 5.74) is 13.1. The number of aromatic nitrogens is 3. The first-order valence-electron chi connectivity index (χ1n) is 14.3. The number of fused-ring (bicyclic) bond motifs is 8. The minimum atomic E-state index is 0.108. The van der Waals surface area contributed by atoms with Crippen LogP contribution in [0.1, 0.15) is 17.5 Å². The van der Waals surface area contributed by atoms with Crippen LogP contribution in [0.15, 0.2) is 134 Å². The van der Waals surface area contributed by atoms with E-state index in [2.05, 4.69) is 108 Å². The highest BCUT2D eigenvalue weighted by Crippen LogP contribution is 2.43. The maximum atomic E-state index is 6.20. The van der Waals surface area contributed by atoms with E-state index in [4.69, 9.17) is 14.7 Å². The highest BCUT2D eigenvalue weighted by Gasteiger charge is 2.30. The number of para-hydroxylation sites is 2. The smallest absolute Gasteiger partial charge is 0.137 e. The van der Waals surface area contributed by atoms with Gasteiger partial charge in [-0.05, 0) is 64.7 Å². The van der Waals surface area contributed by atoms with E-state index in [9.17, 15) is 0 Å². The molecule has 0 amide bonds. The van der Waals surface area contributed by atoms with Crippen LogP contribution in [0.25, 0.3) is 61.1 Å². The first kappa shape index (κ1) is 23.2. The summed E-state index contributed by atoms with van der Waals surface area (Å²) in [6, 6.07) is 40.3. The molecule has 0 fully saturated rings. The molecule has 4 heteroatoms. The largest absolute Gasteiger partial charge is 0.485 e. The minimum Gasteiger partial charge on any atom is -0.485 e. The minimum absolute atomic E-state index is 0.108. The van der Waals surface area contributed by atoms with Gasteiger partial charge < -0.3 is 4.74 Å². The van der Waals surface area contributed by atoms with Crippen LogP contribution in [0, 0.1) is 0 Å². The molecule has 42 heavy (non-hydrogen) atoms. The van der Waals surface area contributed by atoms with Gasteiger partial charge in [0.2, 0.25) is 0 Å². The Kier molecular flexibility index (Phi) is 4.99. The number of allylic oxidation sites excluding steroid dienone is 2. The van der Waals surface area contributed by atoms with Gasteiger partial charge in [0, 0.05) is 34.7 Å². The van der Waals surface area contributed by atoms with Crippen LogP contribution in [0.4, 0.5) is 0 Å². The lowest BCUT2D eigenvalue weighted by Crippen LogP contribution is -2.13. The van der Waals surface area contributed by atoms with E-state index in [0.29, 0.717) is 0 Å². The zero-order valence-electron chi connectivity index (χ0n) is 22.7. The van der Waals surface area contributed by atoms with Gasteiger partial charge >= 0.3 is 0 Å². The van der Waals surface area contributed by atoms with Gasteiger partial charge in [-0.25, -0.2) is 9.97 Å². The molecule has 9 rings (SSSR count). The third-order valence-electron chi connectivity index (χ3n) is 8.49. The Morgan fingerprint density at radius 1 is 0.690 bits per heavy atom. The van der Waals surface area contributed by atoms with E-state index in [1.54, 1.807) is 0 Å². The maximum Gasteiger partial charge on any atom is 0.137 e. The van der Waals surface area contributed by atoms with Crippen LogP contribution in [0.3, 0.4) is 0 Å². The van der Waals surface area contributed by atoms with Crippen molar-refractivity contribution in [2.45, 2.75) is 12.5 Å². The Hall–Kier alpha value is -5.48. The normalized spacial score (nSPS) is 15.8. The van der Waals surface area contributed by atoms with Gasteiger partial charge in [-0.3, -0.25) is 4.40 Å². The molecule has 3 aromatic heterocycles. The molecule has 0 N–H and O–H groups in total. The van der Waals surface area contributed by atoms with E-state index in [1.165, 1.54) is 27.8 Å². The summed E-state index contributed by atoms with van der Waals surface area (Å²) in [6.07, 6.45) is 7.66. The van der Waals surface area contributed by atoms with Crippen LogP contribution >= 0.6 is 0 Å². The molecule has 0 radical (unpaired) electrons. The summed E-state index contributed by atoms with van der Waals surface area (Å²) >= 11 is 0. The molecule has 198 valence electrons. The molecule has 4 aromatic carbocycles. The second-order valence-electron chi connectivity index (χ2n) is 11.0. The van der Waals surface area contributed by atoms with Gasteiger partial charge in [0.25, 0.3) is 0 Å². The van der Waals surface area contributed by atoms with Crippen molar-refractivity contribution in [1.29, 1.82) is 0 Å². The summed E-state index contributed by atoms with van der Waals surface area (Å²) in [7, 11) is 0. The zero-order chi connectivity index (χ0) is 27.6. The highest BCUT2D eigenvalue weighted by atomic mass is 16.5. The summed E-state index contributed by atoms with van der Waals surface area (Å²) in [4.78, 5) is 10.2. The highest BCUT2D eigenvalue weighted by molar-refractivity contribution is 6.09. The molecule has 1 atom stereocenters. The van der Waals surface area contributed by atoms with Crippen LogP contribution in [0.2, 0.25) is 0 Å². The Bertz CT molecular complexity index is 2270. The number of hydrogen-bond acceptors (Lipinski definition) is 3. The number of benzene rings is 4. The molecular formula is C38H25N3O. The molecular weight excluding hydrogens is 514 g/mol. The Balaban J connectivity index is 1.16. The Labute approximate surface area is 242 Å². The van der Waals surface area contributed by atoms with Crippen LogP contribution < -0.4 is 4.74 Å². The van der Waals surface area contributed by atoms with E-state index in [1.807, 2.05) is 30.3 Å². The molecule has 2 aliphatic rings. The number of ether oxygens (including phenoxy) is 1. The van der Waals surface area contributed by atoms with Crippen molar-refractivity contribution in [3.05, 3.63) is 145 Å². The van der Waals surface area contributed by atoms with Gasteiger partial charge in [0.1, 0.15) is 23.0 Å². The van der Waals surface area contributed by atoms with Gasteiger partial charge in [-0.2, -0.15) is 0 Å². The fourth-order valence-corrected chi connectivity index (χ4v) is 6.49. The average Bonchev–Trinajstić information content (AvgIpc) is 3.63. The molecule has 1 aliphatic heterocycles. The lowest BCUT2D eigenvalue weighted by molar-refractivity contribution is 0.279. The third-order valence-corrected chi connectivity index (χ3v) is 8.49. The van der Waals surface area contributed by atoms with Crippen LogP contribution in [0.5, 0.6) is 5.75 Å². The van der Waals surface area contributed by atoms with Gasteiger partial charge in [0.05, 0.1) is 16.7 Å². The molecule has 4 heterocycles. The Morgan fingerprint density at radius 3 is 2.38 bits per heavy atom. The first-order chi connectivity index (χ1) is 20.8. The number of rotatable bonds is 3. The molecule has 1 aliphatic carbocycles. The summed E-state index contributed by atoms with van der Waals surface area (Å²) in [5, 5.41) is 1.07. The molecule has 7 aromatic rings. The van der Waals surface area contributed by atoms with Crippen molar-refractivity contribution in [3.63, 3.8) is 0 Å². The average molecular weight is 540 g/mol. The van der Waals surface area contributed by atoms with Gasteiger partial charge in [-0.1, -0.05) is 84.9 Å². The van der Waals surface area contributed by atoms with Gasteiger partial charge in [-0.15, -0.1) is 0 Å². The first-order valence-corrected chi connectivity index (χ1v) is 14.3. The standard InChI is InChI=1S/C38H25N3O/c1-3-15-32-30(14-1)37-38(41-20-6-5-17-35(41)40-37)36(39-32)28-12-8-11-26(22-28)24-9-7-10-25(21-24)27-18-19-34-31(23-27)29-13-2-4-16-33(29)42-34/h1-18,20-23,34H,19H2. The fourth-order valence-electron chi connectivity index (χ4n) is 6.49. The number of hydrogen-bond donors (Lipinski definition) is 0. The van der Waals surface area contributed by atoms with E-state index >= 15 is 0 Å². The number of imidazole rings is 1. The molecule has 0 bridgehead atoms. The molecule has 1 unspecified atom stereocenters. The van der Waals surface area contributed by atoms with Crippen molar-refractivity contribution in [2.75, 3.05) is 0 Å². The van der Waals surface area contributed by atoms with Crippen molar-refractivity contribution < 1.29 is 4.74 Å². The molecule has 4 nitrogen and oxygen atoms in total. The van der Waals surface area contributed by atoms with Crippen LogP contribution in [-0.4, -0.2) is 20.5 Å². The quantitative estimate of drug-likeness (QED) is 0.225. The summed E-state index contributed by atoms with van der Waals surface area (Å²) < 4.78 is 8.35. The van der Waals surface area contributed by atoms with Crippen molar-refractivity contribution in [3.8, 4) is 28.1 Å². The topological polar surface area (TPSA) is 39.4 Å². The van der Waals surface area contributed by atoms with E-state index in [-0.39, 0.29) is 6.10 Å². The summed E-state index contributed by atoms with van der Waals surface area (Å²) in [6.45, 7) is 0. The second-order valence-corrected chi connectivity index (χ2v) is 11.0.